The lowest BCUT2D eigenvalue weighted by molar-refractivity contribution is 0.269. The molecule has 1 aromatic heterocycles. The minimum Gasteiger partial charge on any atom is -0.396 e. The third kappa shape index (κ3) is 2.27. The first-order valence-electron chi connectivity index (χ1n) is 3.34. The van der Waals surface area contributed by atoms with Gasteiger partial charge in [0.05, 0.1) is 10.4 Å². The Morgan fingerprint density at radius 1 is 1.64 bits per heavy atom. The summed E-state index contributed by atoms with van der Waals surface area (Å²) >= 11 is 4.98. The first-order valence-corrected chi connectivity index (χ1v) is 4.95. The molecule has 0 spiro atoms. The Morgan fingerprint density at radius 3 is 2.73 bits per heavy atom. The molecule has 1 unspecified atom stereocenters. The summed E-state index contributed by atoms with van der Waals surface area (Å²) in [6, 6.07) is 3.96. The lowest BCUT2D eigenvalue weighted by Crippen LogP contribution is -2.14. The SMILES string of the molecule is NCC(CO)c1ccc(Br)s1. The van der Waals surface area contributed by atoms with Crippen LogP contribution in [0.15, 0.2) is 15.9 Å². The number of aliphatic hydroxyl groups excluding tert-OH is 1. The van der Waals surface area contributed by atoms with Crippen molar-refractivity contribution in [1.82, 2.24) is 0 Å². The van der Waals surface area contributed by atoms with Crippen molar-refractivity contribution in [1.29, 1.82) is 0 Å². The summed E-state index contributed by atoms with van der Waals surface area (Å²) < 4.78 is 1.08. The van der Waals surface area contributed by atoms with Crippen molar-refractivity contribution in [2.45, 2.75) is 5.92 Å². The van der Waals surface area contributed by atoms with E-state index in [-0.39, 0.29) is 12.5 Å². The molecule has 0 aliphatic rings. The van der Waals surface area contributed by atoms with E-state index >= 15 is 0 Å². The van der Waals surface area contributed by atoms with Gasteiger partial charge in [-0.3, -0.25) is 0 Å². The van der Waals surface area contributed by atoms with Crippen molar-refractivity contribution in [3.63, 3.8) is 0 Å². The molecule has 0 aromatic carbocycles. The average molecular weight is 236 g/mol. The maximum absolute atomic E-state index is 8.90. The molecule has 0 radical (unpaired) electrons. The summed E-state index contributed by atoms with van der Waals surface area (Å²) in [4.78, 5) is 1.14. The van der Waals surface area contributed by atoms with Crippen LogP contribution in [0.25, 0.3) is 0 Å². The summed E-state index contributed by atoms with van der Waals surface area (Å²) in [7, 11) is 0. The highest BCUT2D eigenvalue weighted by Gasteiger charge is 2.09. The van der Waals surface area contributed by atoms with Gasteiger partial charge in [0, 0.05) is 17.3 Å². The monoisotopic (exact) mass is 235 g/mol. The number of thiophene rings is 1. The highest BCUT2D eigenvalue weighted by atomic mass is 79.9. The van der Waals surface area contributed by atoms with Crippen LogP contribution in [0, 0.1) is 0 Å². The van der Waals surface area contributed by atoms with Crippen molar-refractivity contribution in [3.8, 4) is 0 Å². The van der Waals surface area contributed by atoms with Crippen LogP contribution in [-0.2, 0) is 0 Å². The molecule has 0 aliphatic heterocycles. The van der Waals surface area contributed by atoms with Crippen molar-refractivity contribution < 1.29 is 5.11 Å². The van der Waals surface area contributed by atoms with E-state index < -0.39 is 0 Å². The van der Waals surface area contributed by atoms with Gasteiger partial charge >= 0.3 is 0 Å². The summed E-state index contributed by atoms with van der Waals surface area (Å²) in [5, 5.41) is 8.90. The van der Waals surface area contributed by atoms with Crippen LogP contribution in [0.4, 0.5) is 0 Å². The van der Waals surface area contributed by atoms with E-state index in [1.54, 1.807) is 11.3 Å². The van der Waals surface area contributed by atoms with E-state index in [0.29, 0.717) is 6.54 Å². The topological polar surface area (TPSA) is 46.2 Å². The fraction of sp³-hybridized carbons (Fsp3) is 0.429. The number of hydrogen-bond donors (Lipinski definition) is 2. The zero-order chi connectivity index (χ0) is 8.27. The molecular weight excluding hydrogens is 226 g/mol. The second-order valence-electron chi connectivity index (χ2n) is 2.26. The normalized spacial score (nSPS) is 13.4. The first-order chi connectivity index (χ1) is 5.27. The number of hydrogen-bond acceptors (Lipinski definition) is 3. The average Bonchev–Trinajstić information content (AvgIpc) is 2.39. The highest BCUT2D eigenvalue weighted by molar-refractivity contribution is 9.11. The van der Waals surface area contributed by atoms with E-state index in [4.69, 9.17) is 10.8 Å². The molecule has 1 rings (SSSR count). The summed E-state index contributed by atoms with van der Waals surface area (Å²) in [6.45, 7) is 0.632. The van der Waals surface area contributed by atoms with Gasteiger partial charge in [-0.1, -0.05) is 0 Å². The molecular formula is C7H10BrNOS. The van der Waals surface area contributed by atoms with Gasteiger partial charge in [0.2, 0.25) is 0 Å². The molecule has 1 heterocycles. The van der Waals surface area contributed by atoms with Crippen LogP contribution >= 0.6 is 27.3 Å². The Bertz CT molecular complexity index is 222. The number of aliphatic hydroxyl groups is 1. The third-order valence-electron chi connectivity index (χ3n) is 1.50. The van der Waals surface area contributed by atoms with Gasteiger partial charge in [0.25, 0.3) is 0 Å². The molecule has 0 fully saturated rings. The summed E-state index contributed by atoms with van der Waals surface area (Å²) in [5.41, 5.74) is 5.46. The molecule has 0 saturated carbocycles. The second kappa shape index (κ2) is 4.21. The van der Waals surface area contributed by atoms with Crippen LogP contribution in [-0.4, -0.2) is 18.3 Å². The van der Waals surface area contributed by atoms with Gasteiger partial charge in [0.15, 0.2) is 0 Å². The van der Waals surface area contributed by atoms with E-state index in [1.165, 1.54) is 0 Å². The van der Waals surface area contributed by atoms with E-state index in [0.717, 1.165) is 8.66 Å². The third-order valence-corrected chi connectivity index (χ3v) is 3.29. The van der Waals surface area contributed by atoms with Gasteiger partial charge in [-0.2, -0.15) is 0 Å². The fourth-order valence-electron chi connectivity index (χ4n) is 0.828. The zero-order valence-corrected chi connectivity index (χ0v) is 8.36. The quantitative estimate of drug-likeness (QED) is 0.836. The Kier molecular flexibility index (Phi) is 3.51. The molecule has 0 aliphatic carbocycles. The minimum absolute atomic E-state index is 0.103. The molecule has 0 saturated heterocycles. The van der Waals surface area contributed by atoms with E-state index in [1.807, 2.05) is 12.1 Å². The van der Waals surface area contributed by atoms with Crippen molar-refractivity contribution in [3.05, 3.63) is 20.8 Å². The molecule has 0 bridgehead atoms. The van der Waals surface area contributed by atoms with Gasteiger partial charge in [-0.25, -0.2) is 0 Å². The summed E-state index contributed by atoms with van der Waals surface area (Å²) in [6.07, 6.45) is 0. The Labute approximate surface area is 78.2 Å². The van der Waals surface area contributed by atoms with Crippen molar-refractivity contribution >= 4 is 27.3 Å². The van der Waals surface area contributed by atoms with Crippen LogP contribution in [0.2, 0.25) is 0 Å². The highest BCUT2D eigenvalue weighted by Crippen LogP contribution is 2.27. The van der Waals surface area contributed by atoms with Crippen LogP contribution in [0.3, 0.4) is 0 Å². The predicted octanol–water partition coefficient (Wildman–Crippen LogP) is 1.55. The molecule has 4 heteroatoms. The van der Waals surface area contributed by atoms with Crippen LogP contribution < -0.4 is 5.73 Å². The van der Waals surface area contributed by atoms with Gasteiger partial charge in [-0.15, -0.1) is 11.3 Å². The largest absolute Gasteiger partial charge is 0.396 e. The Hall–Kier alpha value is 0.1000. The maximum Gasteiger partial charge on any atom is 0.0701 e. The fourth-order valence-corrected chi connectivity index (χ4v) is 2.36. The first kappa shape index (κ1) is 9.19. The molecule has 0 amide bonds. The lowest BCUT2D eigenvalue weighted by atomic mass is 10.1. The maximum atomic E-state index is 8.90. The standard InChI is InChI=1S/C7H10BrNOS/c8-7-2-1-6(11-7)5(3-9)4-10/h1-2,5,10H,3-4,9H2. The zero-order valence-electron chi connectivity index (χ0n) is 5.96. The lowest BCUT2D eigenvalue weighted by Gasteiger charge is -2.07. The number of rotatable bonds is 3. The predicted molar refractivity (Wildman–Crippen MR) is 50.9 cm³/mol. The second-order valence-corrected chi connectivity index (χ2v) is 4.75. The van der Waals surface area contributed by atoms with Gasteiger partial charge < -0.3 is 10.8 Å². The molecule has 2 nitrogen and oxygen atoms in total. The summed E-state index contributed by atoms with van der Waals surface area (Å²) in [5.74, 6) is 0.103. The number of nitrogens with two attached hydrogens (primary N) is 1. The molecule has 1 aromatic rings. The van der Waals surface area contributed by atoms with Crippen molar-refractivity contribution in [2.75, 3.05) is 13.2 Å². The minimum atomic E-state index is 0.103. The Morgan fingerprint density at radius 2 is 2.36 bits per heavy atom. The molecule has 1 atom stereocenters. The molecule has 3 N–H and O–H groups in total. The van der Waals surface area contributed by atoms with Gasteiger partial charge in [0.1, 0.15) is 0 Å². The number of halogens is 1. The van der Waals surface area contributed by atoms with Crippen LogP contribution in [0.5, 0.6) is 0 Å². The van der Waals surface area contributed by atoms with E-state index in [2.05, 4.69) is 15.9 Å². The molecule has 11 heavy (non-hydrogen) atoms. The van der Waals surface area contributed by atoms with Gasteiger partial charge in [-0.05, 0) is 28.1 Å². The smallest absolute Gasteiger partial charge is 0.0701 e. The van der Waals surface area contributed by atoms with E-state index in [9.17, 15) is 0 Å². The Balaban J connectivity index is 2.73. The van der Waals surface area contributed by atoms with Crippen molar-refractivity contribution in [2.24, 2.45) is 5.73 Å². The molecule has 62 valence electrons. The van der Waals surface area contributed by atoms with Crippen LogP contribution in [0.1, 0.15) is 10.8 Å².